The molecule has 3 aromatic rings. The van der Waals surface area contributed by atoms with Crippen molar-refractivity contribution < 1.29 is 4.57 Å². The minimum absolute atomic E-state index is 0.112. The monoisotopic (exact) mass is 370 g/mol. The average Bonchev–Trinajstić information content (AvgIpc) is 3.21. The van der Waals surface area contributed by atoms with Gasteiger partial charge in [0, 0.05) is 21.5 Å². The quantitative estimate of drug-likeness (QED) is 0.617. The Kier molecular flexibility index (Phi) is 5.87. The molecule has 1 heterocycles. The summed E-state index contributed by atoms with van der Waals surface area (Å²) in [6.07, 6.45) is 0.805. The summed E-state index contributed by atoms with van der Waals surface area (Å²) < 4.78 is 14.2. The molecule has 0 amide bonds. The third-order valence-corrected chi connectivity index (χ3v) is 7.96. The Hall–Kier alpha value is -1.71. The van der Waals surface area contributed by atoms with E-state index >= 15 is 0 Å². The molecular weight excluding hydrogens is 347 g/mol. The van der Waals surface area contributed by atoms with E-state index in [2.05, 4.69) is 18.1 Å². The Morgan fingerprint density at radius 1 is 0.960 bits per heavy atom. The highest BCUT2D eigenvalue weighted by molar-refractivity contribution is 7.76. The van der Waals surface area contributed by atoms with Gasteiger partial charge in [-0.25, -0.2) is 0 Å². The number of benzene rings is 2. The lowest BCUT2D eigenvalue weighted by molar-refractivity contribution is 0.492. The van der Waals surface area contributed by atoms with Crippen LogP contribution >= 0.6 is 18.6 Å². The van der Waals surface area contributed by atoms with Crippen molar-refractivity contribution in [2.24, 2.45) is 5.73 Å². The summed E-state index contributed by atoms with van der Waals surface area (Å²) in [6, 6.07) is 23.0. The van der Waals surface area contributed by atoms with Gasteiger partial charge in [-0.1, -0.05) is 49.4 Å². The van der Waals surface area contributed by atoms with E-state index in [1.807, 2.05) is 72.1 Å². The van der Waals surface area contributed by atoms with E-state index in [0.717, 1.165) is 21.9 Å². The second kappa shape index (κ2) is 8.11. The summed E-state index contributed by atoms with van der Waals surface area (Å²) in [7, 11) is -3.01. The van der Waals surface area contributed by atoms with E-state index in [9.17, 15) is 4.57 Å². The molecule has 0 saturated heterocycles. The zero-order valence-electron chi connectivity index (χ0n) is 14.2. The van der Waals surface area contributed by atoms with E-state index < -0.39 is 7.29 Å². The third-order valence-electron chi connectivity index (χ3n) is 4.31. The number of nitrogens with two attached hydrogens (primary N) is 1. The summed E-state index contributed by atoms with van der Waals surface area (Å²) in [5.41, 5.74) is 6.39. The number of nitrogens with one attached hydrogen (secondary N) is 1. The Bertz CT molecular complexity index is 778. The molecule has 25 heavy (non-hydrogen) atoms. The van der Waals surface area contributed by atoms with Crippen molar-refractivity contribution >= 4 is 29.2 Å². The summed E-state index contributed by atoms with van der Waals surface area (Å²) in [4.78, 5) is 1.11. The number of rotatable bonds is 7. The van der Waals surface area contributed by atoms with Gasteiger partial charge in [0.05, 0.1) is 6.04 Å². The maximum Gasteiger partial charge on any atom is 0.205 e. The van der Waals surface area contributed by atoms with Gasteiger partial charge in [-0.2, -0.15) is 0 Å². The normalized spacial score (nSPS) is 14.2. The molecule has 130 valence electrons. The van der Waals surface area contributed by atoms with Gasteiger partial charge in [0.2, 0.25) is 7.29 Å². The second-order valence-corrected chi connectivity index (χ2v) is 9.46. The van der Waals surface area contributed by atoms with E-state index in [0.29, 0.717) is 0 Å². The van der Waals surface area contributed by atoms with Crippen LogP contribution < -0.4 is 21.4 Å². The van der Waals surface area contributed by atoms with Gasteiger partial charge in [0.1, 0.15) is 0 Å². The van der Waals surface area contributed by atoms with Crippen molar-refractivity contribution in [3.63, 3.8) is 0 Å². The zero-order valence-corrected chi connectivity index (χ0v) is 15.9. The Labute approximate surface area is 153 Å². The van der Waals surface area contributed by atoms with Crippen molar-refractivity contribution in [1.29, 1.82) is 0 Å². The van der Waals surface area contributed by atoms with Crippen molar-refractivity contribution in [1.82, 2.24) is 5.09 Å². The van der Waals surface area contributed by atoms with Crippen LogP contribution in [0.3, 0.4) is 0 Å². The largest absolute Gasteiger partial charge is 0.326 e. The van der Waals surface area contributed by atoms with Crippen molar-refractivity contribution in [2.75, 3.05) is 0 Å². The second-order valence-electron chi connectivity index (χ2n) is 5.97. The molecule has 0 saturated carbocycles. The first-order valence-corrected chi connectivity index (χ1v) is 11.0. The molecule has 0 aliphatic carbocycles. The summed E-state index contributed by atoms with van der Waals surface area (Å²) in [5.74, 6) is 0. The molecule has 3 nitrogen and oxygen atoms in total. The van der Waals surface area contributed by atoms with Crippen molar-refractivity contribution in [3.8, 4) is 0 Å². The highest BCUT2D eigenvalue weighted by Crippen LogP contribution is 2.43. The van der Waals surface area contributed by atoms with E-state index in [1.54, 1.807) is 11.3 Å². The van der Waals surface area contributed by atoms with Crippen LogP contribution in [-0.4, -0.2) is 6.04 Å². The maximum absolute atomic E-state index is 14.2. The van der Waals surface area contributed by atoms with Gasteiger partial charge in [-0.05, 0) is 42.1 Å². The smallest absolute Gasteiger partial charge is 0.205 e. The van der Waals surface area contributed by atoms with Crippen LogP contribution in [0.4, 0.5) is 0 Å². The molecular formula is C20H23N2OPS. The van der Waals surface area contributed by atoms with Crippen LogP contribution in [-0.2, 0) is 4.57 Å². The maximum atomic E-state index is 14.2. The lowest BCUT2D eigenvalue weighted by Gasteiger charge is -2.29. The highest BCUT2D eigenvalue weighted by Gasteiger charge is 2.33. The first kappa shape index (κ1) is 18.1. The number of hydrogen-bond acceptors (Lipinski definition) is 3. The summed E-state index contributed by atoms with van der Waals surface area (Å²) in [6.45, 7) is 2.06. The Balaban J connectivity index is 2.07. The van der Waals surface area contributed by atoms with E-state index in [4.69, 9.17) is 5.73 Å². The van der Waals surface area contributed by atoms with Crippen LogP contribution in [0.1, 0.15) is 24.3 Å². The Morgan fingerprint density at radius 2 is 1.52 bits per heavy atom. The van der Waals surface area contributed by atoms with Gasteiger partial charge < -0.3 is 5.73 Å². The van der Waals surface area contributed by atoms with Crippen LogP contribution in [0, 0.1) is 0 Å². The molecule has 2 atom stereocenters. The lowest BCUT2D eigenvalue weighted by Crippen LogP contribution is -2.39. The fraction of sp³-hybridized carbons (Fsp3) is 0.200. The van der Waals surface area contributed by atoms with Crippen LogP contribution in [0.2, 0.25) is 0 Å². The van der Waals surface area contributed by atoms with Crippen LogP contribution in [0.5, 0.6) is 0 Å². The summed E-state index contributed by atoms with van der Waals surface area (Å²) >= 11 is 1.64. The number of hydrogen-bond donors (Lipinski definition) is 2. The summed E-state index contributed by atoms with van der Waals surface area (Å²) in [5, 5.41) is 7.08. The lowest BCUT2D eigenvalue weighted by atomic mass is 10.1. The van der Waals surface area contributed by atoms with E-state index in [-0.39, 0.29) is 12.1 Å². The molecule has 1 aromatic heterocycles. The molecule has 0 aliphatic rings. The first-order valence-electron chi connectivity index (χ1n) is 8.43. The van der Waals surface area contributed by atoms with Gasteiger partial charge in [-0.15, -0.1) is 11.3 Å². The zero-order chi connectivity index (χ0) is 17.7. The van der Waals surface area contributed by atoms with Crippen molar-refractivity contribution in [3.05, 3.63) is 83.1 Å². The molecule has 0 bridgehead atoms. The van der Waals surface area contributed by atoms with E-state index in [1.165, 1.54) is 0 Å². The highest BCUT2D eigenvalue weighted by atomic mass is 32.1. The predicted molar refractivity (Wildman–Crippen MR) is 108 cm³/mol. The molecule has 0 radical (unpaired) electrons. The molecule has 0 spiro atoms. The van der Waals surface area contributed by atoms with Gasteiger partial charge in [0.15, 0.2) is 0 Å². The fourth-order valence-corrected chi connectivity index (χ4v) is 6.29. The molecule has 0 unspecified atom stereocenters. The molecule has 5 heteroatoms. The molecule has 3 N–H and O–H groups in total. The topological polar surface area (TPSA) is 55.1 Å². The minimum atomic E-state index is -3.01. The minimum Gasteiger partial charge on any atom is -0.326 e. The van der Waals surface area contributed by atoms with Gasteiger partial charge in [-0.3, -0.25) is 9.65 Å². The van der Waals surface area contributed by atoms with Crippen LogP contribution in [0.15, 0.2) is 78.2 Å². The predicted octanol–water partition coefficient (Wildman–Crippen LogP) is 4.05. The molecule has 2 aromatic carbocycles. The number of thiophene rings is 1. The standard InChI is InChI=1S/C20H23N2OPS/c1-2-18(21)20(19-14-9-15-25-19)22-24(23,16-10-5-3-6-11-16)17-12-7-4-8-13-17/h3-15,18,20H,2,21H2,1H3,(H,22,23)/t18-,20-/m0/s1. The molecule has 0 fully saturated rings. The first-order chi connectivity index (χ1) is 12.1. The van der Waals surface area contributed by atoms with Gasteiger partial charge >= 0.3 is 0 Å². The van der Waals surface area contributed by atoms with Crippen molar-refractivity contribution in [2.45, 2.75) is 25.4 Å². The SMILES string of the molecule is CC[C@H](N)[C@H](NP(=O)(c1ccccc1)c1ccccc1)c1cccs1. The average molecular weight is 370 g/mol. The molecule has 3 rings (SSSR count). The molecule has 0 aliphatic heterocycles. The van der Waals surface area contributed by atoms with Gasteiger partial charge in [0.25, 0.3) is 0 Å². The third kappa shape index (κ3) is 3.94. The fourth-order valence-electron chi connectivity index (χ4n) is 2.84. The van der Waals surface area contributed by atoms with Crippen LogP contribution in [0.25, 0.3) is 0 Å². The Morgan fingerprint density at radius 3 is 1.96 bits per heavy atom.